The van der Waals surface area contributed by atoms with Gasteiger partial charge < -0.3 is 23.7 Å². The van der Waals surface area contributed by atoms with Crippen molar-refractivity contribution in [1.29, 1.82) is 0 Å². The minimum Gasteiger partial charge on any atom is -0.504 e. The maximum Gasteiger partial charge on any atom is 0.383 e. The SMILES string of the molecule is CCOC(=O)COc1ccc2c(O)c(OCC)c(=O)oc2c1. The minimum atomic E-state index is -0.783. The summed E-state index contributed by atoms with van der Waals surface area (Å²) in [5, 5.41) is 10.4. The molecule has 0 amide bonds. The van der Waals surface area contributed by atoms with Crippen LogP contribution in [0.4, 0.5) is 0 Å². The Kier molecular flexibility index (Phi) is 4.88. The number of carbonyl (C=O) groups excluding carboxylic acids is 1. The summed E-state index contributed by atoms with van der Waals surface area (Å²) in [7, 11) is 0. The topological polar surface area (TPSA) is 95.2 Å². The third-order valence-electron chi connectivity index (χ3n) is 2.76. The van der Waals surface area contributed by atoms with Crippen LogP contribution in [0.3, 0.4) is 0 Å². The zero-order valence-electron chi connectivity index (χ0n) is 12.3. The monoisotopic (exact) mass is 308 g/mol. The molecule has 0 aliphatic carbocycles. The molecule has 0 unspecified atom stereocenters. The Morgan fingerprint density at radius 1 is 1.23 bits per heavy atom. The van der Waals surface area contributed by atoms with E-state index in [2.05, 4.69) is 0 Å². The van der Waals surface area contributed by atoms with Crippen molar-refractivity contribution < 1.29 is 28.5 Å². The summed E-state index contributed by atoms with van der Waals surface area (Å²) >= 11 is 0. The lowest BCUT2D eigenvalue weighted by Crippen LogP contribution is -2.14. The molecule has 1 aromatic heterocycles. The predicted octanol–water partition coefficient (Wildman–Crippen LogP) is 1.84. The van der Waals surface area contributed by atoms with Gasteiger partial charge in [-0.2, -0.15) is 0 Å². The van der Waals surface area contributed by atoms with Gasteiger partial charge in [-0.15, -0.1) is 0 Å². The molecule has 0 aliphatic heterocycles. The highest BCUT2D eigenvalue weighted by molar-refractivity contribution is 5.86. The molecule has 2 rings (SSSR count). The van der Waals surface area contributed by atoms with E-state index in [4.69, 9.17) is 18.6 Å². The van der Waals surface area contributed by atoms with E-state index < -0.39 is 11.6 Å². The van der Waals surface area contributed by atoms with Crippen molar-refractivity contribution in [2.45, 2.75) is 13.8 Å². The second kappa shape index (κ2) is 6.84. The lowest BCUT2D eigenvalue weighted by atomic mass is 10.2. The number of benzene rings is 1. The summed E-state index contributed by atoms with van der Waals surface area (Å²) < 4.78 is 20.1. The van der Waals surface area contributed by atoms with Crippen LogP contribution in [0.15, 0.2) is 27.4 Å². The molecule has 22 heavy (non-hydrogen) atoms. The standard InChI is InChI=1S/C15H16O7/c1-3-19-12(16)8-21-9-5-6-10-11(7-9)22-15(18)14(13(10)17)20-4-2/h5-7,17H,3-4,8H2,1-2H3. The lowest BCUT2D eigenvalue weighted by Gasteiger charge is -2.09. The molecule has 7 nitrogen and oxygen atoms in total. The van der Waals surface area contributed by atoms with Crippen molar-refractivity contribution in [3.63, 3.8) is 0 Å². The second-order valence-electron chi connectivity index (χ2n) is 4.25. The average molecular weight is 308 g/mol. The van der Waals surface area contributed by atoms with Crippen molar-refractivity contribution >= 4 is 16.9 Å². The molecule has 0 aliphatic rings. The number of aromatic hydroxyl groups is 1. The predicted molar refractivity (Wildman–Crippen MR) is 77.4 cm³/mol. The molecule has 0 fully saturated rings. The van der Waals surface area contributed by atoms with Crippen LogP contribution in [0.25, 0.3) is 11.0 Å². The van der Waals surface area contributed by atoms with Crippen LogP contribution in [0.2, 0.25) is 0 Å². The zero-order valence-corrected chi connectivity index (χ0v) is 12.3. The molecule has 1 N–H and O–H groups in total. The molecule has 0 spiro atoms. The zero-order chi connectivity index (χ0) is 16.1. The molecule has 1 heterocycles. The fourth-order valence-electron chi connectivity index (χ4n) is 1.85. The first kappa shape index (κ1) is 15.7. The first-order valence-corrected chi connectivity index (χ1v) is 6.77. The van der Waals surface area contributed by atoms with E-state index in [-0.39, 0.29) is 36.9 Å². The van der Waals surface area contributed by atoms with E-state index >= 15 is 0 Å². The second-order valence-corrected chi connectivity index (χ2v) is 4.25. The van der Waals surface area contributed by atoms with E-state index in [1.54, 1.807) is 13.8 Å². The maximum atomic E-state index is 11.7. The minimum absolute atomic E-state index is 0.132. The van der Waals surface area contributed by atoms with Gasteiger partial charge >= 0.3 is 11.6 Å². The van der Waals surface area contributed by atoms with Crippen molar-refractivity contribution in [3.05, 3.63) is 28.6 Å². The Morgan fingerprint density at radius 3 is 2.68 bits per heavy atom. The number of esters is 1. The van der Waals surface area contributed by atoms with E-state index in [1.807, 2.05) is 0 Å². The quantitative estimate of drug-likeness (QED) is 0.642. The van der Waals surface area contributed by atoms with Crippen LogP contribution in [-0.4, -0.2) is 30.9 Å². The molecule has 0 bridgehead atoms. The largest absolute Gasteiger partial charge is 0.504 e. The van der Waals surface area contributed by atoms with Gasteiger partial charge in [-0.3, -0.25) is 0 Å². The van der Waals surface area contributed by atoms with Crippen molar-refractivity contribution in [3.8, 4) is 17.2 Å². The molecule has 0 atom stereocenters. The summed E-state index contributed by atoms with van der Waals surface area (Å²) in [6.07, 6.45) is 0. The first-order valence-electron chi connectivity index (χ1n) is 6.77. The summed E-state index contributed by atoms with van der Waals surface area (Å²) in [6.45, 7) is 3.62. The van der Waals surface area contributed by atoms with Crippen molar-refractivity contribution in [2.24, 2.45) is 0 Å². The molecule has 2 aromatic rings. The van der Waals surface area contributed by atoms with Gasteiger partial charge in [0.05, 0.1) is 18.6 Å². The Hall–Kier alpha value is -2.70. The Labute approximate surface area is 126 Å². The average Bonchev–Trinajstić information content (AvgIpc) is 2.49. The lowest BCUT2D eigenvalue weighted by molar-refractivity contribution is -0.145. The highest BCUT2D eigenvalue weighted by Crippen LogP contribution is 2.33. The van der Waals surface area contributed by atoms with Crippen LogP contribution >= 0.6 is 0 Å². The van der Waals surface area contributed by atoms with E-state index in [9.17, 15) is 14.7 Å². The van der Waals surface area contributed by atoms with E-state index in [0.717, 1.165) is 0 Å². The summed E-state index contributed by atoms with van der Waals surface area (Å²) in [5.74, 6) is -0.703. The number of rotatable bonds is 6. The normalized spacial score (nSPS) is 10.5. The van der Waals surface area contributed by atoms with Crippen LogP contribution in [-0.2, 0) is 9.53 Å². The fraction of sp³-hybridized carbons (Fsp3) is 0.333. The van der Waals surface area contributed by atoms with Crippen LogP contribution < -0.4 is 15.1 Å². The van der Waals surface area contributed by atoms with Gasteiger partial charge in [0.2, 0.25) is 5.75 Å². The first-order chi connectivity index (χ1) is 10.6. The molecule has 118 valence electrons. The van der Waals surface area contributed by atoms with Crippen LogP contribution in [0, 0.1) is 0 Å². The van der Waals surface area contributed by atoms with Crippen LogP contribution in [0.1, 0.15) is 13.8 Å². The molecule has 7 heteroatoms. The van der Waals surface area contributed by atoms with E-state index in [1.165, 1.54) is 18.2 Å². The molecule has 0 radical (unpaired) electrons. The molecular formula is C15H16O7. The van der Waals surface area contributed by atoms with Gasteiger partial charge in [0.1, 0.15) is 11.3 Å². The number of fused-ring (bicyclic) bond motifs is 1. The molecule has 0 saturated carbocycles. The van der Waals surface area contributed by atoms with E-state index in [0.29, 0.717) is 11.1 Å². The number of ether oxygens (including phenoxy) is 3. The third kappa shape index (κ3) is 3.30. The fourth-order valence-corrected chi connectivity index (χ4v) is 1.85. The smallest absolute Gasteiger partial charge is 0.383 e. The van der Waals surface area contributed by atoms with Crippen molar-refractivity contribution in [2.75, 3.05) is 19.8 Å². The highest BCUT2D eigenvalue weighted by Gasteiger charge is 2.15. The van der Waals surface area contributed by atoms with Gasteiger partial charge in [0.15, 0.2) is 12.4 Å². The number of hydrogen-bond donors (Lipinski definition) is 1. The molecule has 0 saturated heterocycles. The summed E-state index contributed by atoms with van der Waals surface area (Å²) in [6, 6.07) is 4.46. The summed E-state index contributed by atoms with van der Waals surface area (Å²) in [5.41, 5.74) is -0.651. The van der Waals surface area contributed by atoms with Gasteiger partial charge in [-0.05, 0) is 26.0 Å². The summed E-state index contributed by atoms with van der Waals surface area (Å²) in [4.78, 5) is 23.0. The Bertz CT molecular complexity index is 732. The Balaban J connectivity index is 2.29. The molecule has 1 aromatic carbocycles. The van der Waals surface area contributed by atoms with Crippen molar-refractivity contribution in [1.82, 2.24) is 0 Å². The van der Waals surface area contributed by atoms with Gasteiger partial charge in [-0.1, -0.05) is 0 Å². The Morgan fingerprint density at radius 2 is 2.00 bits per heavy atom. The molecular weight excluding hydrogens is 292 g/mol. The van der Waals surface area contributed by atoms with Gasteiger partial charge in [-0.25, -0.2) is 9.59 Å². The highest BCUT2D eigenvalue weighted by atomic mass is 16.6. The number of hydrogen-bond acceptors (Lipinski definition) is 7. The van der Waals surface area contributed by atoms with Gasteiger partial charge in [0, 0.05) is 6.07 Å². The van der Waals surface area contributed by atoms with Crippen LogP contribution in [0.5, 0.6) is 17.2 Å². The van der Waals surface area contributed by atoms with Gasteiger partial charge in [0.25, 0.3) is 0 Å². The maximum absolute atomic E-state index is 11.7. The number of carbonyl (C=O) groups is 1. The third-order valence-corrected chi connectivity index (χ3v) is 2.76.